The molecule has 0 unspecified atom stereocenters. The molecule has 0 aromatic heterocycles. The van der Waals surface area contributed by atoms with Crippen LogP contribution < -0.4 is 4.74 Å². The van der Waals surface area contributed by atoms with Crippen LogP contribution >= 0.6 is 27.5 Å². The van der Waals surface area contributed by atoms with Crippen LogP contribution in [0.5, 0.6) is 5.75 Å². The molecule has 6 heteroatoms. The summed E-state index contributed by atoms with van der Waals surface area (Å²) in [4.78, 5) is 0. The first-order valence-electron chi connectivity index (χ1n) is 5.07. The van der Waals surface area contributed by atoms with Crippen LogP contribution in [0.1, 0.15) is 12.0 Å². The molecule has 0 atom stereocenters. The number of benzene rings is 1. The largest absolute Gasteiger partial charge is 0.493 e. The van der Waals surface area contributed by atoms with E-state index in [-0.39, 0.29) is 5.75 Å². The highest BCUT2D eigenvalue weighted by Crippen LogP contribution is 2.25. The zero-order chi connectivity index (χ0) is 12.9. The molecule has 0 saturated carbocycles. The number of sulfone groups is 1. The van der Waals surface area contributed by atoms with Crippen molar-refractivity contribution in [1.82, 2.24) is 0 Å². The SMILES string of the molecule is CS(=O)(=O)CCCOc1ccc(Cl)cc1CBr. The predicted octanol–water partition coefficient (Wildman–Crippen LogP) is 3.05. The molecule has 3 nitrogen and oxygen atoms in total. The van der Waals surface area contributed by atoms with Crippen LogP contribution in [0, 0.1) is 0 Å². The molecule has 1 aromatic rings. The highest BCUT2D eigenvalue weighted by atomic mass is 79.9. The lowest BCUT2D eigenvalue weighted by atomic mass is 10.2. The van der Waals surface area contributed by atoms with E-state index in [1.165, 1.54) is 6.26 Å². The van der Waals surface area contributed by atoms with E-state index in [1.807, 2.05) is 6.07 Å². The summed E-state index contributed by atoms with van der Waals surface area (Å²) < 4.78 is 27.4. The Balaban J connectivity index is 2.52. The van der Waals surface area contributed by atoms with E-state index >= 15 is 0 Å². The van der Waals surface area contributed by atoms with Gasteiger partial charge in [0.2, 0.25) is 0 Å². The van der Waals surface area contributed by atoms with Gasteiger partial charge < -0.3 is 4.74 Å². The first-order valence-corrected chi connectivity index (χ1v) is 8.63. The molecule has 0 saturated heterocycles. The highest BCUT2D eigenvalue weighted by molar-refractivity contribution is 9.08. The smallest absolute Gasteiger partial charge is 0.147 e. The Hall–Kier alpha value is -0.260. The molecule has 0 aliphatic rings. The van der Waals surface area contributed by atoms with Crippen molar-refractivity contribution in [2.45, 2.75) is 11.8 Å². The summed E-state index contributed by atoms with van der Waals surface area (Å²) in [6.45, 7) is 0.384. The van der Waals surface area contributed by atoms with Gasteiger partial charge in [0, 0.05) is 22.2 Å². The molecule has 0 bridgehead atoms. The fraction of sp³-hybridized carbons (Fsp3) is 0.455. The third-order valence-corrected chi connectivity index (χ3v) is 3.95. The molecule has 17 heavy (non-hydrogen) atoms. The van der Waals surface area contributed by atoms with E-state index in [2.05, 4.69) is 15.9 Å². The van der Waals surface area contributed by atoms with Crippen molar-refractivity contribution in [3.8, 4) is 5.75 Å². The molecule has 0 aliphatic heterocycles. The second-order valence-corrected chi connectivity index (χ2v) is 6.97. The van der Waals surface area contributed by atoms with Gasteiger partial charge in [-0.25, -0.2) is 8.42 Å². The summed E-state index contributed by atoms with van der Waals surface area (Å²) in [6, 6.07) is 5.36. The Labute approximate surface area is 115 Å². The summed E-state index contributed by atoms with van der Waals surface area (Å²) in [5.41, 5.74) is 0.955. The molecule has 0 N–H and O–H groups in total. The summed E-state index contributed by atoms with van der Waals surface area (Å²) >= 11 is 9.21. The zero-order valence-electron chi connectivity index (χ0n) is 9.45. The van der Waals surface area contributed by atoms with E-state index < -0.39 is 9.84 Å². The molecule has 0 spiro atoms. The molecule has 0 radical (unpaired) electrons. The van der Waals surface area contributed by atoms with Gasteiger partial charge in [-0.05, 0) is 24.6 Å². The summed E-state index contributed by atoms with van der Waals surface area (Å²) in [5.74, 6) is 0.879. The van der Waals surface area contributed by atoms with E-state index in [1.54, 1.807) is 12.1 Å². The van der Waals surface area contributed by atoms with E-state index in [9.17, 15) is 8.42 Å². The van der Waals surface area contributed by atoms with Crippen LogP contribution in [-0.4, -0.2) is 27.0 Å². The van der Waals surface area contributed by atoms with E-state index in [0.717, 1.165) is 11.3 Å². The molecule has 96 valence electrons. The van der Waals surface area contributed by atoms with Gasteiger partial charge in [-0.3, -0.25) is 0 Å². The molecule has 1 aromatic carbocycles. The van der Waals surface area contributed by atoms with Gasteiger partial charge in [-0.1, -0.05) is 27.5 Å². The maximum absolute atomic E-state index is 10.9. The Morgan fingerprint density at radius 1 is 1.41 bits per heavy atom. The van der Waals surface area contributed by atoms with Crippen LogP contribution in [0.3, 0.4) is 0 Å². The topological polar surface area (TPSA) is 43.4 Å². The predicted molar refractivity (Wildman–Crippen MR) is 73.9 cm³/mol. The molecule has 1 rings (SSSR count). The van der Waals surface area contributed by atoms with E-state index in [0.29, 0.717) is 23.4 Å². The van der Waals surface area contributed by atoms with Crippen molar-refractivity contribution >= 4 is 37.4 Å². The highest BCUT2D eigenvalue weighted by Gasteiger charge is 2.05. The van der Waals surface area contributed by atoms with Gasteiger partial charge in [-0.2, -0.15) is 0 Å². The van der Waals surface area contributed by atoms with E-state index in [4.69, 9.17) is 16.3 Å². The lowest BCUT2D eigenvalue weighted by Crippen LogP contribution is -2.08. The molecule has 0 fully saturated rings. The Morgan fingerprint density at radius 2 is 2.12 bits per heavy atom. The molecule has 0 amide bonds. The summed E-state index contributed by atoms with van der Waals surface area (Å²) in [7, 11) is -2.91. The number of rotatable bonds is 6. The number of halogens is 2. The first kappa shape index (κ1) is 14.8. The summed E-state index contributed by atoms with van der Waals surface area (Å²) in [6.07, 6.45) is 1.71. The minimum absolute atomic E-state index is 0.143. The minimum atomic E-state index is -2.91. The number of hydrogen-bond donors (Lipinski definition) is 0. The van der Waals surface area contributed by atoms with Gasteiger partial charge in [0.15, 0.2) is 0 Å². The number of alkyl halides is 1. The second kappa shape index (κ2) is 6.61. The number of hydrogen-bond acceptors (Lipinski definition) is 3. The van der Waals surface area contributed by atoms with Gasteiger partial charge in [0.25, 0.3) is 0 Å². The average Bonchev–Trinajstić information content (AvgIpc) is 2.24. The fourth-order valence-corrected chi connectivity index (χ4v) is 2.57. The first-order chi connectivity index (χ1) is 7.92. The van der Waals surface area contributed by atoms with Crippen molar-refractivity contribution in [3.05, 3.63) is 28.8 Å². The van der Waals surface area contributed by atoms with Crippen LogP contribution in [0.4, 0.5) is 0 Å². The minimum Gasteiger partial charge on any atom is -0.493 e. The monoisotopic (exact) mass is 340 g/mol. The quantitative estimate of drug-likeness (QED) is 0.590. The standard InChI is InChI=1S/C11H14BrClO3S/c1-17(14,15)6-2-5-16-11-4-3-10(13)7-9(11)8-12/h3-4,7H,2,5-6,8H2,1H3. The number of ether oxygens (including phenoxy) is 1. The van der Waals surface area contributed by atoms with Gasteiger partial charge in [0.05, 0.1) is 12.4 Å². The third-order valence-electron chi connectivity index (χ3n) is 2.08. The molecular formula is C11H14BrClO3S. The van der Waals surface area contributed by atoms with Crippen LogP contribution in [0.25, 0.3) is 0 Å². The summed E-state index contributed by atoms with van der Waals surface area (Å²) in [5, 5.41) is 1.30. The van der Waals surface area contributed by atoms with Gasteiger partial charge in [-0.15, -0.1) is 0 Å². The van der Waals surface area contributed by atoms with Crippen LogP contribution in [0.2, 0.25) is 5.02 Å². The zero-order valence-corrected chi connectivity index (χ0v) is 12.6. The Morgan fingerprint density at radius 3 is 2.71 bits per heavy atom. The van der Waals surface area contributed by atoms with Crippen molar-refractivity contribution < 1.29 is 13.2 Å². The average molecular weight is 342 g/mol. The second-order valence-electron chi connectivity index (χ2n) is 3.72. The van der Waals surface area contributed by atoms with Crippen molar-refractivity contribution in [3.63, 3.8) is 0 Å². The molecular weight excluding hydrogens is 328 g/mol. The van der Waals surface area contributed by atoms with Crippen molar-refractivity contribution in [2.24, 2.45) is 0 Å². The Bertz CT molecular complexity index is 474. The van der Waals surface area contributed by atoms with Crippen LogP contribution in [-0.2, 0) is 15.2 Å². The van der Waals surface area contributed by atoms with Gasteiger partial charge in [0.1, 0.15) is 15.6 Å². The maximum atomic E-state index is 10.9. The Kier molecular flexibility index (Phi) is 5.76. The van der Waals surface area contributed by atoms with Crippen LogP contribution in [0.15, 0.2) is 18.2 Å². The lowest BCUT2D eigenvalue weighted by molar-refractivity contribution is 0.315. The van der Waals surface area contributed by atoms with Gasteiger partial charge >= 0.3 is 0 Å². The van der Waals surface area contributed by atoms with Crippen molar-refractivity contribution in [1.29, 1.82) is 0 Å². The maximum Gasteiger partial charge on any atom is 0.147 e. The normalized spacial score (nSPS) is 11.5. The molecule has 0 heterocycles. The van der Waals surface area contributed by atoms with Crippen molar-refractivity contribution in [2.75, 3.05) is 18.6 Å². The molecule has 0 aliphatic carbocycles. The third kappa shape index (κ3) is 5.75. The fourth-order valence-electron chi connectivity index (χ4n) is 1.30. The lowest BCUT2D eigenvalue weighted by Gasteiger charge is -2.10.